The first kappa shape index (κ1) is 16.0. The van der Waals surface area contributed by atoms with Gasteiger partial charge in [-0.15, -0.1) is 5.10 Å². The van der Waals surface area contributed by atoms with Crippen LogP contribution in [-0.4, -0.2) is 16.1 Å². The molecule has 0 radical (unpaired) electrons. The number of nitrogens with one attached hydrogen (secondary N) is 1. The van der Waals surface area contributed by atoms with E-state index in [1.54, 1.807) is 0 Å². The zero-order valence-electron chi connectivity index (χ0n) is 12.2. The van der Waals surface area contributed by atoms with Crippen molar-refractivity contribution in [2.75, 3.05) is 6.54 Å². The van der Waals surface area contributed by atoms with E-state index in [-0.39, 0.29) is 0 Å². The summed E-state index contributed by atoms with van der Waals surface area (Å²) in [6.07, 6.45) is 2.63. The van der Waals surface area contributed by atoms with Crippen LogP contribution in [0.1, 0.15) is 48.9 Å². The summed E-state index contributed by atoms with van der Waals surface area (Å²) in [5, 5.41) is 7.40. The summed E-state index contributed by atoms with van der Waals surface area (Å²) in [5.74, 6) is -0.856. The predicted molar refractivity (Wildman–Crippen MR) is 80.4 cm³/mol. The van der Waals surface area contributed by atoms with Crippen molar-refractivity contribution < 1.29 is 8.78 Å². The zero-order chi connectivity index (χ0) is 15.2. The van der Waals surface area contributed by atoms with Crippen molar-refractivity contribution in [2.24, 2.45) is 0 Å². The molecule has 1 N–H and O–H groups in total. The Balaban J connectivity index is 2.42. The molecular weight excluding hydrogens is 292 g/mol. The Labute approximate surface area is 127 Å². The average Bonchev–Trinajstić information content (AvgIpc) is 2.92. The molecule has 0 saturated heterocycles. The molecule has 1 heterocycles. The highest BCUT2D eigenvalue weighted by atomic mass is 32.1. The maximum atomic E-state index is 14.1. The second-order valence-electron chi connectivity index (χ2n) is 4.89. The summed E-state index contributed by atoms with van der Waals surface area (Å²) in [7, 11) is 0. The van der Waals surface area contributed by atoms with E-state index in [4.69, 9.17) is 0 Å². The minimum Gasteiger partial charge on any atom is -0.305 e. The van der Waals surface area contributed by atoms with Gasteiger partial charge in [0.05, 0.1) is 16.6 Å². The number of aromatic nitrogens is 2. The standard InChI is InChI=1S/C15H19F2N3S/c1-3-5-13-15(21-20-19-13)14(18-8-4-2)11-9-10(16)6-7-12(11)17/h6-7,9,14,18H,3-5,8H2,1-2H3. The van der Waals surface area contributed by atoms with Crippen LogP contribution in [0.15, 0.2) is 18.2 Å². The summed E-state index contributed by atoms with van der Waals surface area (Å²) < 4.78 is 31.6. The highest BCUT2D eigenvalue weighted by Gasteiger charge is 2.23. The van der Waals surface area contributed by atoms with Crippen LogP contribution < -0.4 is 5.32 Å². The van der Waals surface area contributed by atoms with Gasteiger partial charge in [0.25, 0.3) is 0 Å². The molecule has 0 aliphatic heterocycles. The fraction of sp³-hybridized carbons (Fsp3) is 0.467. The van der Waals surface area contributed by atoms with Crippen LogP contribution in [0, 0.1) is 11.6 Å². The minimum atomic E-state index is -0.441. The molecule has 114 valence electrons. The van der Waals surface area contributed by atoms with Gasteiger partial charge < -0.3 is 5.32 Å². The average molecular weight is 311 g/mol. The van der Waals surface area contributed by atoms with Crippen LogP contribution in [0.3, 0.4) is 0 Å². The number of rotatable bonds is 7. The zero-order valence-corrected chi connectivity index (χ0v) is 13.0. The van der Waals surface area contributed by atoms with Crippen molar-refractivity contribution in [3.8, 4) is 0 Å². The third-order valence-corrected chi connectivity index (χ3v) is 4.03. The molecule has 21 heavy (non-hydrogen) atoms. The van der Waals surface area contributed by atoms with Crippen LogP contribution in [0.25, 0.3) is 0 Å². The molecule has 0 bridgehead atoms. The van der Waals surface area contributed by atoms with E-state index in [9.17, 15) is 8.78 Å². The van der Waals surface area contributed by atoms with E-state index >= 15 is 0 Å². The largest absolute Gasteiger partial charge is 0.305 e. The summed E-state index contributed by atoms with van der Waals surface area (Å²) in [4.78, 5) is 0.870. The molecule has 6 heteroatoms. The molecule has 3 nitrogen and oxygen atoms in total. The minimum absolute atomic E-state index is 0.312. The molecule has 0 amide bonds. The summed E-state index contributed by atoms with van der Waals surface area (Å²) in [6.45, 7) is 4.80. The highest BCUT2D eigenvalue weighted by Crippen LogP contribution is 2.30. The third-order valence-electron chi connectivity index (χ3n) is 3.20. The van der Waals surface area contributed by atoms with Gasteiger partial charge in [0.1, 0.15) is 11.6 Å². The van der Waals surface area contributed by atoms with Gasteiger partial charge in [-0.3, -0.25) is 0 Å². The number of hydrogen-bond donors (Lipinski definition) is 1. The Morgan fingerprint density at radius 2 is 2.05 bits per heavy atom. The summed E-state index contributed by atoms with van der Waals surface area (Å²) in [6, 6.07) is 3.15. The fourth-order valence-corrected chi connectivity index (χ4v) is 3.00. The van der Waals surface area contributed by atoms with Crippen molar-refractivity contribution in [1.82, 2.24) is 14.9 Å². The summed E-state index contributed by atoms with van der Waals surface area (Å²) in [5.41, 5.74) is 1.17. The first-order valence-corrected chi connectivity index (χ1v) is 7.94. The maximum Gasteiger partial charge on any atom is 0.128 e. The number of nitrogens with zero attached hydrogens (tertiary/aromatic N) is 2. The van der Waals surface area contributed by atoms with Crippen LogP contribution >= 0.6 is 11.5 Å². The van der Waals surface area contributed by atoms with Gasteiger partial charge in [0, 0.05) is 5.56 Å². The SMILES string of the molecule is CCCNC(c1cc(F)ccc1F)c1snnc1CCC. The van der Waals surface area contributed by atoms with Gasteiger partial charge in [-0.05, 0) is 49.1 Å². The van der Waals surface area contributed by atoms with E-state index in [0.717, 1.165) is 35.9 Å². The second-order valence-corrected chi connectivity index (χ2v) is 5.67. The normalized spacial score (nSPS) is 12.6. The smallest absolute Gasteiger partial charge is 0.128 e. The molecule has 2 rings (SSSR count). The van der Waals surface area contributed by atoms with Crippen molar-refractivity contribution >= 4 is 11.5 Å². The van der Waals surface area contributed by atoms with Gasteiger partial charge >= 0.3 is 0 Å². The Bertz CT molecular complexity index is 586. The molecule has 0 aliphatic rings. The fourth-order valence-electron chi connectivity index (χ4n) is 2.21. The van der Waals surface area contributed by atoms with Crippen LogP contribution in [0.2, 0.25) is 0 Å². The van der Waals surface area contributed by atoms with Crippen LogP contribution in [-0.2, 0) is 6.42 Å². The van der Waals surface area contributed by atoms with Gasteiger partial charge in [-0.2, -0.15) is 0 Å². The molecule has 1 aromatic heterocycles. The quantitative estimate of drug-likeness (QED) is 0.844. The third kappa shape index (κ3) is 3.83. The number of halogens is 2. The molecule has 1 atom stereocenters. The van der Waals surface area contributed by atoms with Gasteiger partial charge in [0.15, 0.2) is 0 Å². The van der Waals surface area contributed by atoms with Gasteiger partial charge in [-0.1, -0.05) is 24.8 Å². The molecule has 0 spiro atoms. The van der Waals surface area contributed by atoms with Crippen LogP contribution in [0.4, 0.5) is 8.78 Å². The number of benzene rings is 1. The van der Waals surface area contributed by atoms with E-state index in [1.165, 1.54) is 23.7 Å². The highest BCUT2D eigenvalue weighted by molar-refractivity contribution is 7.05. The Morgan fingerprint density at radius 3 is 2.76 bits per heavy atom. The Kier molecular flexibility index (Phi) is 5.76. The molecule has 0 saturated carbocycles. The molecule has 0 fully saturated rings. The van der Waals surface area contributed by atoms with Gasteiger partial charge in [0.2, 0.25) is 0 Å². The maximum absolute atomic E-state index is 14.1. The topological polar surface area (TPSA) is 37.8 Å². The molecule has 1 unspecified atom stereocenters. The molecule has 2 aromatic rings. The van der Waals surface area contributed by atoms with Crippen molar-refractivity contribution in [3.63, 3.8) is 0 Å². The van der Waals surface area contributed by atoms with E-state index in [0.29, 0.717) is 12.1 Å². The van der Waals surface area contributed by atoms with Crippen molar-refractivity contribution in [1.29, 1.82) is 0 Å². The monoisotopic (exact) mass is 311 g/mol. The van der Waals surface area contributed by atoms with E-state index < -0.39 is 17.7 Å². The van der Waals surface area contributed by atoms with Crippen molar-refractivity contribution in [3.05, 3.63) is 46.0 Å². The summed E-state index contributed by atoms with van der Waals surface area (Å²) >= 11 is 1.24. The van der Waals surface area contributed by atoms with E-state index in [2.05, 4.69) is 21.8 Å². The Morgan fingerprint density at radius 1 is 1.24 bits per heavy atom. The number of hydrogen-bond acceptors (Lipinski definition) is 4. The predicted octanol–water partition coefficient (Wildman–Crippen LogP) is 3.86. The first-order chi connectivity index (χ1) is 10.2. The van der Waals surface area contributed by atoms with Gasteiger partial charge in [-0.25, -0.2) is 8.78 Å². The lowest BCUT2D eigenvalue weighted by atomic mass is 10.0. The molecule has 1 aromatic carbocycles. The second kappa shape index (κ2) is 7.56. The van der Waals surface area contributed by atoms with Crippen molar-refractivity contribution in [2.45, 2.75) is 39.2 Å². The lowest BCUT2D eigenvalue weighted by Gasteiger charge is -2.19. The number of aryl methyl sites for hydroxylation is 1. The Hall–Kier alpha value is -1.40. The van der Waals surface area contributed by atoms with E-state index in [1.807, 2.05) is 6.92 Å². The lowest BCUT2D eigenvalue weighted by Crippen LogP contribution is -2.24. The first-order valence-electron chi connectivity index (χ1n) is 7.16. The molecular formula is C15H19F2N3S. The van der Waals surface area contributed by atoms with Crippen LogP contribution in [0.5, 0.6) is 0 Å². The lowest BCUT2D eigenvalue weighted by molar-refractivity contribution is 0.536. The molecule has 0 aliphatic carbocycles.